The highest BCUT2D eigenvalue weighted by Gasteiger charge is 2.21. The van der Waals surface area contributed by atoms with Crippen LogP contribution in [0.15, 0.2) is 42.5 Å². The van der Waals surface area contributed by atoms with E-state index in [0.717, 1.165) is 28.2 Å². The second-order valence-corrected chi connectivity index (χ2v) is 6.75. The Balaban J connectivity index is 2.21. The van der Waals surface area contributed by atoms with E-state index in [9.17, 15) is 14.4 Å². The molecule has 0 fully saturated rings. The quantitative estimate of drug-likeness (QED) is 0.651. The van der Waals surface area contributed by atoms with Crippen LogP contribution >= 0.6 is 11.3 Å². The zero-order valence-corrected chi connectivity index (χ0v) is 15.4. The van der Waals surface area contributed by atoms with Crippen molar-refractivity contribution in [2.24, 2.45) is 0 Å². The van der Waals surface area contributed by atoms with Crippen LogP contribution in [-0.4, -0.2) is 22.9 Å². The van der Waals surface area contributed by atoms with E-state index in [0.29, 0.717) is 23.5 Å². The van der Waals surface area contributed by atoms with Crippen LogP contribution in [0.4, 0.5) is 5.00 Å². The molecule has 0 bridgehead atoms. The lowest BCUT2D eigenvalue weighted by Gasteiger charge is -2.09. The molecule has 1 aromatic carbocycles. The van der Waals surface area contributed by atoms with Gasteiger partial charge in [-0.1, -0.05) is 37.3 Å². The van der Waals surface area contributed by atoms with Gasteiger partial charge in [0.25, 0.3) is 5.91 Å². The molecule has 3 N–H and O–H groups in total. The average Bonchev–Trinajstić information content (AvgIpc) is 2.93. The number of carbonyl (C=O) groups is 3. The Morgan fingerprint density at radius 1 is 1.15 bits per heavy atom. The van der Waals surface area contributed by atoms with Crippen LogP contribution < -0.4 is 10.6 Å². The summed E-state index contributed by atoms with van der Waals surface area (Å²) in [6.07, 6.45) is 2.33. The Hall–Kier alpha value is -2.93. The molecule has 0 saturated heterocycles. The number of aryl methyl sites for hydroxylation is 1. The Morgan fingerprint density at radius 2 is 1.85 bits per heavy atom. The predicted molar refractivity (Wildman–Crippen MR) is 101 cm³/mol. The van der Waals surface area contributed by atoms with Crippen molar-refractivity contribution in [1.29, 1.82) is 0 Å². The van der Waals surface area contributed by atoms with Gasteiger partial charge in [0.05, 0.1) is 5.56 Å². The highest BCUT2D eigenvalue weighted by atomic mass is 32.1. The maximum atomic E-state index is 12.7. The molecule has 6 nitrogen and oxygen atoms in total. The lowest BCUT2D eigenvalue weighted by atomic mass is 10.1. The van der Waals surface area contributed by atoms with E-state index < -0.39 is 11.9 Å². The molecule has 136 valence electrons. The van der Waals surface area contributed by atoms with Crippen LogP contribution in [0.3, 0.4) is 0 Å². The summed E-state index contributed by atoms with van der Waals surface area (Å²) in [6, 6.07) is 9.53. The number of nitrogens with one attached hydrogen (secondary N) is 2. The van der Waals surface area contributed by atoms with Crippen LogP contribution in [0.1, 0.15) is 33.3 Å². The lowest BCUT2D eigenvalue weighted by Crippen LogP contribution is -2.25. The monoisotopic (exact) mass is 372 g/mol. The predicted octanol–water partition coefficient (Wildman–Crippen LogP) is 3.13. The van der Waals surface area contributed by atoms with Gasteiger partial charge < -0.3 is 15.7 Å². The van der Waals surface area contributed by atoms with Gasteiger partial charge in [0.1, 0.15) is 5.00 Å². The zero-order chi connectivity index (χ0) is 19.1. The summed E-state index contributed by atoms with van der Waals surface area (Å²) >= 11 is 1.30. The standard InChI is InChI=1S/C19H20N2O4S/c1-3-14-12(2)26-19(21-15(22)9-10-16(23)24)17(14)18(25)20-11-13-7-5-4-6-8-13/h4-10H,3,11H2,1-2H3,(H,20,25)(H,21,22)(H,23,24). The smallest absolute Gasteiger partial charge is 0.328 e. The highest BCUT2D eigenvalue weighted by molar-refractivity contribution is 7.16. The van der Waals surface area contributed by atoms with Crippen molar-refractivity contribution in [3.8, 4) is 0 Å². The molecule has 0 radical (unpaired) electrons. The first-order valence-corrected chi connectivity index (χ1v) is 8.90. The van der Waals surface area contributed by atoms with Crippen molar-refractivity contribution >= 4 is 34.1 Å². The van der Waals surface area contributed by atoms with Gasteiger partial charge in [0.15, 0.2) is 0 Å². The molecule has 0 atom stereocenters. The maximum absolute atomic E-state index is 12.7. The molecule has 7 heteroatoms. The fourth-order valence-corrected chi connectivity index (χ4v) is 3.65. The van der Waals surface area contributed by atoms with E-state index >= 15 is 0 Å². The topological polar surface area (TPSA) is 95.5 Å². The lowest BCUT2D eigenvalue weighted by molar-refractivity contribution is -0.131. The van der Waals surface area contributed by atoms with Crippen molar-refractivity contribution < 1.29 is 19.5 Å². The average molecular weight is 372 g/mol. The van der Waals surface area contributed by atoms with E-state index in [2.05, 4.69) is 10.6 Å². The Morgan fingerprint density at radius 3 is 2.46 bits per heavy atom. The number of thiophene rings is 1. The van der Waals surface area contributed by atoms with E-state index in [4.69, 9.17) is 5.11 Å². The Labute approximate surface area is 155 Å². The molecule has 0 aliphatic rings. The molecule has 0 aliphatic carbocycles. The summed E-state index contributed by atoms with van der Waals surface area (Å²) in [5, 5.41) is 14.5. The number of carbonyl (C=O) groups excluding carboxylic acids is 2. The summed E-state index contributed by atoms with van der Waals surface area (Å²) < 4.78 is 0. The minimum Gasteiger partial charge on any atom is -0.478 e. The van der Waals surface area contributed by atoms with Crippen LogP contribution in [-0.2, 0) is 22.6 Å². The number of amides is 2. The van der Waals surface area contributed by atoms with E-state index in [1.54, 1.807) is 0 Å². The molecule has 0 unspecified atom stereocenters. The number of rotatable bonds is 7. The number of aliphatic carboxylic acids is 1. The number of hydrogen-bond acceptors (Lipinski definition) is 4. The van der Waals surface area contributed by atoms with Crippen molar-refractivity contribution in [3.05, 3.63) is 64.1 Å². The third-order valence-electron chi connectivity index (χ3n) is 3.70. The molecule has 2 aromatic rings. The van der Waals surface area contributed by atoms with Crippen LogP contribution in [0.2, 0.25) is 0 Å². The summed E-state index contributed by atoms with van der Waals surface area (Å²) in [5.41, 5.74) is 2.28. The molecule has 1 aromatic heterocycles. The number of carboxylic acid groups (broad SMARTS) is 1. The van der Waals surface area contributed by atoms with Crippen LogP contribution in [0.5, 0.6) is 0 Å². The van der Waals surface area contributed by atoms with Crippen LogP contribution in [0.25, 0.3) is 0 Å². The van der Waals surface area contributed by atoms with Gasteiger partial charge in [0, 0.05) is 23.6 Å². The van der Waals surface area contributed by atoms with Crippen molar-refractivity contribution in [2.75, 3.05) is 5.32 Å². The largest absolute Gasteiger partial charge is 0.478 e. The summed E-state index contributed by atoms with van der Waals surface area (Å²) in [4.78, 5) is 36.1. The Bertz CT molecular complexity index is 841. The van der Waals surface area contributed by atoms with Crippen molar-refractivity contribution in [2.45, 2.75) is 26.8 Å². The van der Waals surface area contributed by atoms with Crippen LogP contribution in [0, 0.1) is 6.92 Å². The molecule has 0 saturated carbocycles. The normalized spacial score (nSPS) is 10.7. The number of anilines is 1. The number of carboxylic acids is 1. The number of benzene rings is 1. The first-order chi connectivity index (χ1) is 12.4. The molecule has 2 amide bonds. The first kappa shape index (κ1) is 19.4. The minimum absolute atomic E-state index is 0.271. The van der Waals surface area contributed by atoms with Gasteiger partial charge in [-0.25, -0.2) is 4.79 Å². The molecular weight excluding hydrogens is 352 g/mol. The Kier molecular flexibility index (Phi) is 6.68. The first-order valence-electron chi connectivity index (χ1n) is 8.08. The van der Waals surface area contributed by atoms with Gasteiger partial charge in [-0.05, 0) is 24.5 Å². The SMILES string of the molecule is CCc1c(C)sc(NC(=O)C=CC(=O)O)c1C(=O)NCc1ccccc1. The van der Waals surface area contributed by atoms with Gasteiger partial charge in [0.2, 0.25) is 5.91 Å². The summed E-state index contributed by atoms with van der Waals surface area (Å²) in [6.45, 7) is 4.21. The van der Waals surface area contributed by atoms with E-state index in [1.807, 2.05) is 44.2 Å². The zero-order valence-electron chi connectivity index (χ0n) is 14.5. The molecule has 26 heavy (non-hydrogen) atoms. The van der Waals surface area contributed by atoms with Gasteiger partial charge in [-0.2, -0.15) is 0 Å². The van der Waals surface area contributed by atoms with Crippen molar-refractivity contribution in [3.63, 3.8) is 0 Å². The van der Waals surface area contributed by atoms with Gasteiger partial charge in [-0.3, -0.25) is 9.59 Å². The van der Waals surface area contributed by atoms with E-state index in [1.165, 1.54) is 11.3 Å². The molecule has 1 heterocycles. The molecular formula is C19H20N2O4S. The fraction of sp³-hybridized carbons (Fsp3) is 0.211. The third-order valence-corrected chi connectivity index (χ3v) is 4.76. The maximum Gasteiger partial charge on any atom is 0.328 e. The second-order valence-electron chi connectivity index (χ2n) is 5.52. The minimum atomic E-state index is -1.21. The van der Waals surface area contributed by atoms with E-state index in [-0.39, 0.29) is 5.91 Å². The number of hydrogen-bond donors (Lipinski definition) is 3. The summed E-state index contributed by atoms with van der Waals surface area (Å²) in [5.74, 6) is -2.07. The highest BCUT2D eigenvalue weighted by Crippen LogP contribution is 2.33. The molecule has 0 aliphatic heterocycles. The molecule has 0 spiro atoms. The summed E-state index contributed by atoms with van der Waals surface area (Å²) in [7, 11) is 0. The van der Waals surface area contributed by atoms with Crippen molar-refractivity contribution in [1.82, 2.24) is 5.32 Å². The fourth-order valence-electron chi connectivity index (χ4n) is 2.50. The van der Waals surface area contributed by atoms with Gasteiger partial charge in [-0.15, -0.1) is 11.3 Å². The molecule has 2 rings (SSSR count). The van der Waals surface area contributed by atoms with Gasteiger partial charge >= 0.3 is 5.97 Å². The third kappa shape index (κ3) is 5.03. The second kappa shape index (κ2) is 8.96.